The van der Waals surface area contributed by atoms with Crippen LogP contribution in [-0.4, -0.2) is 42.0 Å². The van der Waals surface area contributed by atoms with Crippen molar-refractivity contribution in [3.8, 4) is 11.1 Å². The van der Waals surface area contributed by atoms with Crippen LogP contribution in [0.25, 0.3) is 11.1 Å². The Bertz CT molecular complexity index is 731. The molecule has 0 saturated carbocycles. The Balaban J connectivity index is 1.48. The molecular formula is C25H34N2. The lowest BCUT2D eigenvalue weighted by Gasteiger charge is -2.42. The standard InChI is InChI=1S/C25H34N2/c1-20-12-15-27(16-13-20)24-9-6-14-26(19-24)18-23-17-21(2)10-11-25(23)22-7-4-3-5-8-22/h3-5,7-8,10-11,17,20,24H,6,9,12-16,18-19H2,1-2H3. The zero-order valence-corrected chi connectivity index (χ0v) is 17.0. The lowest BCUT2D eigenvalue weighted by molar-refractivity contribution is 0.0684. The van der Waals surface area contributed by atoms with E-state index in [1.54, 1.807) is 0 Å². The van der Waals surface area contributed by atoms with E-state index in [1.165, 1.54) is 74.1 Å². The molecule has 4 rings (SSSR count). The van der Waals surface area contributed by atoms with Crippen LogP contribution in [0.2, 0.25) is 0 Å². The predicted molar refractivity (Wildman–Crippen MR) is 115 cm³/mol. The van der Waals surface area contributed by atoms with Gasteiger partial charge < -0.3 is 0 Å². The van der Waals surface area contributed by atoms with Gasteiger partial charge in [-0.1, -0.05) is 61.0 Å². The minimum absolute atomic E-state index is 0.760. The molecule has 0 amide bonds. The highest BCUT2D eigenvalue weighted by atomic mass is 15.2. The van der Waals surface area contributed by atoms with E-state index in [1.807, 2.05) is 0 Å². The Labute approximate surface area is 165 Å². The van der Waals surface area contributed by atoms with Crippen molar-refractivity contribution in [1.82, 2.24) is 9.80 Å². The molecule has 0 aliphatic carbocycles. The van der Waals surface area contributed by atoms with Gasteiger partial charge in [0.25, 0.3) is 0 Å². The van der Waals surface area contributed by atoms with Gasteiger partial charge in [-0.3, -0.25) is 9.80 Å². The largest absolute Gasteiger partial charge is 0.299 e. The molecule has 0 N–H and O–H groups in total. The van der Waals surface area contributed by atoms with Crippen molar-refractivity contribution in [3.63, 3.8) is 0 Å². The summed E-state index contributed by atoms with van der Waals surface area (Å²) >= 11 is 0. The zero-order chi connectivity index (χ0) is 18.6. The van der Waals surface area contributed by atoms with Gasteiger partial charge in [0.05, 0.1) is 0 Å². The minimum Gasteiger partial charge on any atom is -0.299 e. The average Bonchev–Trinajstić information content (AvgIpc) is 2.70. The van der Waals surface area contributed by atoms with Gasteiger partial charge in [-0.05, 0) is 74.8 Å². The summed E-state index contributed by atoms with van der Waals surface area (Å²) in [5.74, 6) is 0.918. The molecule has 2 aliphatic rings. The van der Waals surface area contributed by atoms with Crippen LogP contribution < -0.4 is 0 Å². The van der Waals surface area contributed by atoms with Crippen LogP contribution in [-0.2, 0) is 6.54 Å². The second-order valence-corrected chi connectivity index (χ2v) is 8.78. The number of hydrogen-bond acceptors (Lipinski definition) is 2. The fourth-order valence-corrected chi connectivity index (χ4v) is 4.86. The highest BCUT2D eigenvalue weighted by Gasteiger charge is 2.28. The van der Waals surface area contributed by atoms with E-state index in [9.17, 15) is 0 Å². The summed E-state index contributed by atoms with van der Waals surface area (Å²) in [5, 5.41) is 0. The highest BCUT2D eigenvalue weighted by Crippen LogP contribution is 2.28. The first-order chi connectivity index (χ1) is 13.2. The fraction of sp³-hybridized carbons (Fsp3) is 0.520. The second-order valence-electron chi connectivity index (χ2n) is 8.78. The lowest BCUT2D eigenvalue weighted by atomic mass is 9.94. The molecular weight excluding hydrogens is 328 g/mol. The molecule has 27 heavy (non-hydrogen) atoms. The van der Waals surface area contributed by atoms with Gasteiger partial charge in [0.15, 0.2) is 0 Å². The zero-order valence-electron chi connectivity index (χ0n) is 17.0. The molecule has 2 saturated heterocycles. The molecule has 2 heteroatoms. The van der Waals surface area contributed by atoms with Crippen LogP contribution in [0.3, 0.4) is 0 Å². The van der Waals surface area contributed by atoms with Crippen LogP contribution in [0.5, 0.6) is 0 Å². The Kier molecular flexibility index (Phi) is 5.95. The number of piperidine rings is 2. The van der Waals surface area contributed by atoms with Gasteiger partial charge in [0.1, 0.15) is 0 Å². The number of nitrogens with zero attached hydrogens (tertiary/aromatic N) is 2. The van der Waals surface area contributed by atoms with Crippen LogP contribution in [0.4, 0.5) is 0 Å². The maximum absolute atomic E-state index is 2.78. The molecule has 0 spiro atoms. The Morgan fingerprint density at radius 1 is 0.926 bits per heavy atom. The molecule has 2 aliphatic heterocycles. The number of hydrogen-bond donors (Lipinski definition) is 0. The third kappa shape index (κ3) is 4.62. The average molecular weight is 363 g/mol. The van der Waals surface area contributed by atoms with Gasteiger partial charge in [-0.2, -0.15) is 0 Å². The molecule has 0 bridgehead atoms. The first kappa shape index (κ1) is 18.7. The highest BCUT2D eigenvalue weighted by molar-refractivity contribution is 5.67. The van der Waals surface area contributed by atoms with Gasteiger partial charge in [0.2, 0.25) is 0 Å². The van der Waals surface area contributed by atoms with Crippen LogP contribution in [0, 0.1) is 12.8 Å². The number of aryl methyl sites for hydroxylation is 1. The molecule has 144 valence electrons. The molecule has 2 aromatic carbocycles. The third-order valence-corrected chi connectivity index (χ3v) is 6.55. The van der Waals surface area contributed by atoms with E-state index in [0.717, 1.165) is 18.5 Å². The van der Waals surface area contributed by atoms with Gasteiger partial charge in [0, 0.05) is 19.1 Å². The molecule has 2 aromatic rings. The van der Waals surface area contributed by atoms with Crippen molar-refractivity contribution in [2.45, 2.75) is 52.1 Å². The van der Waals surface area contributed by atoms with Gasteiger partial charge in [-0.15, -0.1) is 0 Å². The van der Waals surface area contributed by atoms with Crippen LogP contribution >= 0.6 is 0 Å². The van der Waals surface area contributed by atoms with Crippen molar-refractivity contribution >= 4 is 0 Å². The summed E-state index contributed by atoms with van der Waals surface area (Å²) in [7, 11) is 0. The van der Waals surface area contributed by atoms with E-state index in [0.29, 0.717) is 0 Å². The Hall–Kier alpha value is -1.64. The Morgan fingerprint density at radius 2 is 1.70 bits per heavy atom. The predicted octanol–water partition coefficient (Wildman–Crippen LogP) is 5.36. The first-order valence-corrected chi connectivity index (χ1v) is 10.8. The summed E-state index contributed by atoms with van der Waals surface area (Å²) < 4.78 is 0. The molecule has 1 atom stereocenters. The quantitative estimate of drug-likeness (QED) is 0.722. The van der Waals surface area contributed by atoms with Gasteiger partial charge in [-0.25, -0.2) is 0 Å². The summed E-state index contributed by atoms with van der Waals surface area (Å²) in [6, 6.07) is 18.6. The maximum atomic E-state index is 2.78. The van der Waals surface area contributed by atoms with Crippen LogP contribution in [0.15, 0.2) is 48.5 Å². The minimum atomic E-state index is 0.760. The summed E-state index contributed by atoms with van der Waals surface area (Å²) in [6.45, 7) is 10.8. The number of likely N-dealkylation sites (tertiary alicyclic amines) is 2. The smallest absolute Gasteiger partial charge is 0.0240 e. The number of benzene rings is 2. The van der Waals surface area contributed by atoms with Crippen molar-refractivity contribution in [2.24, 2.45) is 5.92 Å². The number of rotatable bonds is 4. The van der Waals surface area contributed by atoms with Crippen molar-refractivity contribution in [3.05, 3.63) is 59.7 Å². The molecule has 1 unspecified atom stereocenters. The second kappa shape index (κ2) is 8.58. The third-order valence-electron chi connectivity index (χ3n) is 6.55. The first-order valence-electron chi connectivity index (χ1n) is 10.8. The van der Waals surface area contributed by atoms with Crippen molar-refractivity contribution in [1.29, 1.82) is 0 Å². The van der Waals surface area contributed by atoms with E-state index in [-0.39, 0.29) is 0 Å². The van der Waals surface area contributed by atoms with Crippen molar-refractivity contribution in [2.75, 3.05) is 26.2 Å². The lowest BCUT2D eigenvalue weighted by Crippen LogP contribution is -2.50. The Morgan fingerprint density at radius 3 is 2.48 bits per heavy atom. The van der Waals surface area contributed by atoms with E-state index < -0.39 is 0 Å². The summed E-state index contributed by atoms with van der Waals surface area (Å²) in [6.07, 6.45) is 5.48. The fourth-order valence-electron chi connectivity index (χ4n) is 4.86. The molecule has 2 heterocycles. The van der Waals surface area contributed by atoms with E-state index in [4.69, 9.17) is 0 Å². The molecule has 0 aromatic heterocycles. The van der Waals surface area contributed by atoms with E-state index >= 15 is 0 Å². The molecule has 0 radical (unpaired) electrons. The van der Waals surface area contributed by atoms with Crippen LogP contribution in [0.1, 0.15) is 43.7 Å². The van der Waals surface area contributed by atoms with Crippen molar-refractivity contribution < 1.29 is 0 Å². The summed E-state index contributed by atoms with van der Waals surface area (Å²) in [4.78, 5) is 5.48. The molecule has 2 fully saturated rings. The normalized spacial score (nSPS) is 22.8. The molecule has 2 nitrogen and oxygen atoms in total. The monoisotopic (exact) mass is 362 g/mol. The van der Waals surface area contributed by atoms with Gasteiger partial charge >= 0.3 is 0 Å². The maximum Gasteiger partial charge on any atom is 0.0240 e. The van der Waals surface area contributed by atoms with E-state index in [2.05, 4.69) is 72.2 Å². The topological polar surface area (TPSA) is 6.48 Å². The SMILES string of the molecule is Cc1ccc(-c2ccccc2)c(CN2CCCC(N3CCC(C)CC3)C2)c1. The summed E-state index contributed by atoms with van der Waals surface area (Å²) in [5.41, 5.74) is 5.58.